The SMILES string of the molecule is CC[C@@H](NC(=O)Cc1c(C)c2cc3c(-c4ccc(F)cc4)coc3c(C)c2oc1=O)C(=O)O. The van der Waals surface area contributed by atoms with Crippen LogP contribution in [0.3, 0.4) is 0 Å². The number of carboxylic acid groups (broad SMARTS) is 1. The van der Waals surface area contributed by atoms with Crippen molar-refractivity contribution in [3.8, 4) is 11.1 Å². The summed E-state index contributed by atoms with van der Waals surface area (Å²) in [5, 5.41) is 13.0. The molecule has 0 spiro atoms. The highest BCUT2D eigenvalue weighted by atomic mass is 19.1. The first-order valence-corrected chi connectivity index (χ1v) is 10.5. The first kappa shape index (κ1) is 22.3. The Morgan fingerprint density at radius 2 is 1.79 bits per heavy atom. The molecule has 2 N–H and O–H groups in total. The highest BCUT2D eigenvalue weighted by molar-refractivity contribution is 6.05. The molecule has 170 valence electrons. The predicted molar refractivity (Wildman–Crippen MR) is 121 cm³/mol. The fraction of sp³-hybridized carbons (Fsp3) is 0.240. The van der Waals surface area contributed by atoms with Crippen molar-refractivity contribution >= 4 is 33.8 Å². The Morgan fingerprint density at radius 1 is 1.09 bits per heavy atom. The van der Waals surface area contributed by atoms with Gasteiger partial charge in [0.15, 0.2) is 0 Å². The van der Waals surface area contributed by atoms with Crippen LogP contribution < -0.4 is 10.9 Å². The number of hydrogen-bond acceptors (Lipinski definition) is 5. The fourth-order valence-corrected chi connectivity index (χ4v) is 4.00. The molecule has 0 radical (unpaired) electrons. The van der Waals surface area contributed by atoms with Crippen molar-refractivity contribution in [1.29, 1.82) is 0 Å². The van der Waals surface area contributed by atoms with Crippen molar-refractivity contribution in [3.63, 3.8) is 0 Å². The van der Waals surface area contributed by atoms with Gasteiger partial charge in [-0.05, 0) is 49.6 Å². The third kappa shape index (κ3) is 4.00. The number of halogens is 1. The maximum absolute atomic E-state index is 13.4. The molecule has 4 aromatic rings. The van der Waals surface area contributed by atoms with Crippen LogP contribution in [0.2, 0.25) is 0 Å². The Bertz CT molecular complexity index is 1450. The minimum atomic E-state index is -1.14. The summed E-state index contributed by atoms with van der Waals surface area (Å²) in [6.07, 6.45) is 1.49. The number of aliphatic carboxylic acids is 1. The quantitative estimate of drug-likeness (QED) is 0.418. The molecule has 7 nitrogen and oxygen atoms in total. The van der Waals surface area contributed by atoms with E-state index in [0.29, 0.717) is 27.7 Å². The summed E-state index contributed by atoms with van der Waals surface area (Å²) in [7, 11) is 0. The highest BCUT2D eigenvalue weighted by Crippen LogP contribution is 2.37. The highest BCUT2D eigenvalue weighted by Gasteiger charge is 2.22. The van der Waals surface area contributed by atoms with Gasteiger partial charge in [-0.2, -0.15) is 0 Å². The Balaban J connectivity index is 1.83. The molecule has 33 heavy (non-hydrogen) atoms. The number of fused-ring (bicyclic) bond motifs is 2. The summed E-state index contributed by atoms with van der Waals surface area (Å²) in [5.41, 5.74) is 3.11. The minimum absolute atomic E-state index is 0.158. The third-order valence-corrected chi connectivity index (χ3v) is 5.88. The molecule has 8 heteroatoms. The molecule has 0 aliphatic carbocycles. The number of benzene rings is 2. The second-order valence-electron chi connectivity index (χ2n) is 7.95. The van der Waals surface area contributed by atoms with E-state index in [9.17, 15) is 18.8 Å². The number of carbonyl (C=O) groups is 2. The van der Waals surface area contributed by atoms with Gasteiger partial charge in [0, 0.05) is 21.9 Å². The van der Waals surface area contributed by atoms with Crippen molar-refractivity contribution in [2.45, 2.75) is 39.7 Å². The number of nitrogens with one attached hydrogen (secondary N) is 1. The standard InChI is InChI=1S/C25H22FNO6/c1-4-20(24(29)30)27-21(28)10-17-12(2)16-9-18-19(14-5-7-15(26)8-6-14)11-32-22(18)13(3)23(16)33-25(17)31/h5-9,11,20H,4,10H2,1-3H3,(H,27,28)(H,29,30)/t20-/m1/s1. The summed E-state index contributed by atoms with van der Waals surface area (Å²) in [6.45, 7) is 5.14. The van der Waals surface area contributed by atoms with E-state index in [1.54, 1.807) is 39.2 Å². The summed E-state index contributed by atoms with van der Waals surface area (Å²) in [6, 6.07) is 6.83. The molecule has 0 saturated heterocycles. The first-order chi connectivity index (χ1) is 15.7. The summed E-state index contributed by atoms with van der Waals surface area (Å²) >= 11 is 0. The lowest BCUT2D eigenvalue weighted by Gasteiger charge is -2.13. The topological polar surface area (TPSA) is 110 Å². The van der Waals surface area contributed by atoms with Gasteiger partial charge in [0.25, 0.3) is 0 Å². The van der Waals surface area contributed by atoms with Crippen molar-refractivity contribution in [2.24, 2.45) is 0 Å². The monoisotopic (exact) mass is 451 g/mol. The van der Waals surface area contributed by atoms with E-state index in [-0.39, 0.29) is 24.2 Å². The molecule has 2 aromatic carbocycles. The molecule has 2 aromatic heterocycles. The number of hydrogen-bond donors (Lipinski definition) is 2. The van der Waals surface area contributed by atoms with Crippen LogP contribution in [0.1, 0.15) is 30.0 Å². The maximum atomic E-state index is 13.4. The van der Waals surface area contributed by atoms with Gasteiger partial charge in [-0.15, -0.1) is 0 Å². The largest absolute Gasteiger partial charge is 0.480 e. The Hall–Kier alpha value is -3.94. The average Bonchev–Trinajstić information content (AvgIpc) is 3.20. The lowest BCUT2D eigenvalue weighted by Crippen LogP contribution is -2.41. The molecule has 1 amide bonds. The maximum Gasteiger partial charge on any atom is 0.340 e. The van der Waals surface area contributed by atoms with Gasteiger partial charge in [-0.25, -0.2) is 14.0 Å². The van der Waals surface area contributed by atoms with Crippen LogP contribution in [0.5, 0.6) is 0 Å². The van der Waals surface area contributed by atoms with Gasteiger partial charge in [-0.1, -0.05) is 19.1 Å². The fourth-order valence-electron chi connectivity index (χ4n) is 4.00. The van der Waals surface area contributed by atoms with E-state index in [1.807, 2.05) is 6.07 Å². The molecule has 2 heterocycles. The lowest BCUT2D eigenvalue weighted by molar-refractivity contribution is -0.141. The van der Waals surface area contributed by atoms with Gasteiger partial charge in [0.1, 0.15) is 23.0 Å². The molecule has 0 bridgehead atoms. The second kappa shape index (κ2) is 8.54. The van der Waals surface area contributed by atoms with E-state index in [1.165, 1.54) is 12.1 Å². The molecule has 0 fully saturated rings. The Labute approximate surface area is 187 Å². The third-order valence-electron chi connectivity index (χ3n) is 5.88. The van der Waals surface area contributed by atoms with Crippen LogP contribution in [0.25, 0.3) is 33.1 Å². The Morgan fingerprint density at radius 3 is 2.42 bits per heavy atom. The number of aryl methyl sites for hydroxylation is 2. The zero-order chi connectivity index (χ0) is 23.9. The van der Waals surface area contributed by atoms with E-state index in [0.717, 1.165) is 16.5 Å². The van der Waals surface area contributed by atoms with Crippen LogP contribution >= 0.6 is 0 Å². The molecule has 0 aliphatic rings. The van der Waals surface area contributed by atoms with Crippen LogP contribution in [-0.4, -0.2) is 23.0 Å². The first-order valence-electron chi connectivity index (χ1n) is 10.5. The predicted octanol–water partition coefficient (Wildman–Crippen LogP) is 4.48. The van der Waals surface area contributed by atoms with E-state index >= 15 is 0 Å². The van der Waals surface area contributed by atoms with Gasteiger partial charge in [0.05, 0.1) is 18.2 Å². The second-order valence-corrected chi connectivity index (χ2v) is 7.95. The summed E-state index contributed by atoms with van der Waals surface area (Å²) < 4.78 is 24.7. The Kier molecular flexibility index (Phi) is 5.76. The van der Waals surface area contributed by atoms with Crippen molar-refractivity contribution < 1.29 is 27.9 Å². The molecule has 1 atom stereocenters. The van der Waals surface area contributed by atoms with Crippen molar-refractivity contribution in [3.05, 3.63) is 69.5 Å². The van der Waals surface area contributed by atoms with Crippen molar-refractivity contribution in [1.82, 2.24) is 5.32 Å². The molecule has 0 saturated carbocycles. The lowest BCUT2D eigenvalue weighted by atomic mass is 9.97. The number of furan rings is 1. The van der Waals surface area contributed by atoms with Gasteiger partial charge in [0.2, 0.25) is 5.91 Å². The van der Waals surface area contributed by atoms with E-state index in [4.69, 9.17) is 13.9 Å². The van der Waals surface area contributed by atoms with E-state index in [2.05, 4.69) is 5.32 Å². The molecule has 0 unspecified atom stereocenters. The molecular weight excluding hydrogens is 429 g/mol. The molecule has 4 rings (SSSR count). The van der Waals surface area contributed by atoms with Gasteiger partial charge in [-0.3, -0.25) is 4.79 Å². The number of amides is 1. The van der Waals surface area contributed by atoms with Gasteiger partial charge >= 0.3 is 11.6 Å². The smallest absolute Gasteiger partial charge is 0.340 e. The zero-order valence-corrected chi connectivity index (χ0v) is 18.3. The van der Waals surface area contributed by atoms with Gasteiger partial charge < -0.3 is 19.3 Å². The van der Waals surface area contributed by atoms with Crippen LogP contribution in [0.4, 0.5) is 4.39 Å². The molecular formula is C25H22FNO6. The minimum Gasteiger partial charge on any atom is -0.480 e. The summed E-state index contributed by atoms with van der Waals surface area (Å²) in [4.78, 5) is 36.3. The van der Waals surface area contributed by atoms with Crippen LogP contribution in [0.15, 0.2) is 50.2 Å². The zero-order valence-electron chi connectivity index (χ0n) is 18.3. The normalized spacial score (nSPS) is 12.2. The number of carboxylic acids is 1. The van der Waals surface area contributed by atoms with Crippen molar-refractivity contribution in [2.75, 3.05) is 0 Å². The van der Waals surface area contributed by atoms with Crippen LogP contribution in [-0.2, 0) is 16.0 Å². The van der Waals surface area contributed by atoms with E-state index < -0.39 is 23.5 Å². The average molecular weight is 451 g/mol. The number of carbonyl (C=O) groups excluding carboxylic acids is 1. The van der Waals surface area contributed by atoms with Crippen LogP contribution in [0, 0.1) is 19.7 Å². The molecule has 0 aliphatic heterocycles. The number of rotatable bonds is 6. The summed E-state index contributed by atoms with van der Waals surface area (Å²) in [5.74, 6) is -2.06.